The van der Waals surface area contributed by atoms with Gasteiger partial charge in [-0.05, 0) is 137 Å². The molecular formula is C70H48N2. The van der Waals surface area contributed by atoms with Gasteiger partial charge in [0, 0.05) is 38.6 Å². The number of anilines is 3. The third-order valence-electron chi connectivity index (χ3n) is 16.4. The Labute approximate surface area is 419 Å². The fourth-order valence-electron chi connectivity index (χ4n) is 13.2. The average molecular weight is 917 g/mol. The van der Waals surface area contributed by atoms with E-state index in [1.165, 1.54) is 115 Å². The summed E-state index contributed by atoms with van der Waals surface area (Å²) in [6.07, 6.45) is 0. The van der Waals surface area contributed by atoms with Gasteiger partial charge in [0.25, 0.3) is 0 Å². The Bertz CT molecular complexity index is 4230. The van der Waals surface area contributed by atoms with Crippen LogP contribution in [0.4, 0.5) is 17.1 Å². The first-order valence-corrected chi connectivity index (χ1v) is 25.3. The number of nitrogens with zero attached hydrogens (tertiary/aromatic N) is 2. The first-order chi connectivity index (χ1) is 35.5. The lowest BCUT2D eigenvalue weighted by Gasteiger charge is -2.35. The van der Waals surface area contributed by atoms with Gasteiger partial charge in [-0.25, -0.2) is 0 Å². The zero-order chi connectivity index (χ0) is 47.7. The van der Waals surface area contributed by atoms with Gasteiger partial charge < -0.3 is 9.47 Å². The third kappa shape index (κ3) is 5.61. The van der Waals surface area contributed by atoms with Gasteiger partial charge in [-0.2, -0.15) is 0 Å². The standard InChI is InChI=1S/C70H48N2/c1-69(2)61-42-50(34-37-57(61)58-38-36-52(43-62(58)69)72-65-40-32-46-19-10-13-27-54(46)67(65)68-55-28-14-11-20-47(55)33-41-66(68)72)71(64-31-17-21-45-18-9-12-26-53(45)64)51-35-39-59-56-29-15-16-30-60(56)70(63(59)44-51,48-22-5-3-6-23-48)49-24-7-4-8-25-49/h3-44H,1-2H3. The van der Waals surface area contributed by atoms with E-state index in [1.54, 1.807) is 0 Å². The highest BCUT2D eigenvalue weighted by Crippen LogP contribution is 2.58. The summed E-state index contributed by atoms with van der Waals surface area (Å²) >= 11 is 0. The van der Waals surface area contributed by atoms with E-state index in [1.807, 2.05) is 0 Å². The Morgan fingerprint density at radius 3 is 1.42 bits per heavy atom. The number of hydrogen-bond acceptors (Lipinski definition) is 1. The van der Waals surface area contributed by atoms with Crippen molar-refractivity contribution in [1.82, 2.24) is 4.57 Å². The molecule has 2 aliphatic carbocycles. The second-order valence-corrected chi connectivity index (χ2v) is 20.4. The Kier molecular flexibility index (Phi) is 8.66. The van der Waals surface area contributed by atoms with Crippen LogP contribution < -0.4 is 4.90 Å². The van der Waals surface area contributed by atoms with E-state index in [-0.39, 0.29) is 5.41 Å². The van der Waals surface area contributed by atoms with Crippen molar-refractivity contribution < 1.29 is 0 Å². The summed E-state index contributed by atoms with van der Waals surface area (Å²) in [5.41, 5.74) is 19.1. The molecule has 0 aliphatic heterocycles. The SMILES string of the molecule is CC1(C)c2cc(N(c3ccc4c(c3)C(c3ccccc3)(c3ccccc3)c3ccccc3-4)c3cccc4ccccc34)ccc2-c2ccc(-n3c4ccc5ccccc5c4c4c5ccccc5ccc43)cc21. The maximum absolute atomic E-state index is 2.52. The summed E-state index contributed by atoms with van der Waals surface area (Å²) in [7, 11) is 0. The van der Waals surface area contributed by atoms with Gasteiger partial charge in [0.05, 0.1) is 22.1 Å². The molecule has 1 heterocycles. The van der Waals surface area contributed by atoms with Gasteiger partial charge in [-0.3, -0.25) is 0 Å². The molecule has 0 fully saturated rings. The van der Waals surface area contributed by atoms with E-state index < -0.39 is 5.41 Å². The highest BCUT2D eigenvalue weighted by Gasteiger charge is 2.46. The number of rotatable bonds is 6. The van der Waals surface area contributed by atoms with Crippen molar-refractivity contribution in [3.63, 3.8) is 0 Å². The minimum atomic E-state index is -0.523. The molecule has 0 unspecified atom stereocenters. The molecule has 0 atom stereocenters. The molecule has 338 valence electrons. The van der Waals surface area contributed by atoms with Gasteiger partial charge in [-0.1, -0.05) is 214 Å². The van der Waals surface area contributed by atoms with Crippen molar-refractivity contribution in [1.29, 1.82) is 0 Å². The lowest BCUT2D eigenvalue weighted by Crippen LogP contribution is -2.28. The molecule has 0 N–H and O–H groups in total. The van der Waals surface area contributed by atoms with Gasteiger partial charge in [-0.15, -0.1) is 0 Å². The molecule has 72 heavy (non-hydrogen) atoms. The second kappa shape index (κ2) is 15.3. The Morgan fingerprint density at radius 2 is 0.792 bits per heavy atom. The van der Waals surface area contributed by atoms with Crippen molar-refractivity contribution in [2.24, 2.45) is 0 Å². The minimum absolute atomic E-state index is 0.297. The van der Waals surface area contributed by atoms with Crippen LogP contribution in [0.3, 0.4) is 0 Å². The molecule has 0 saturated heterocycles. The normalized spacial score (nSPS) is 13.9. The summed E-state index contributed by atoms with van der Waals surface area (Å²) in [5.74, 6) is 0. The largest absolute Gasteiger partial charge is 0.310 e. The summed E-state index contributed by atoms with van der Waals surface area (Å²) in [6.45, 7) is 4.84. The number of benzene rings is 12. The number of fused-ring (bicyclic) bond motifs is 14. The van der Waals surface area contributed by atoms with Crippen LogP contribution >= 0.6 is 0 Å². The molecule has 2 heteroatoms. The third-order valence-corrected chi connectivity index (χ3v) is 16.4. The molecule has 0 saturated carbocycles. The van der Waals surface area contributed by atoms with Crippen LogP contribution in [-0.2, 0) is 10.8 Å². The maximum Gasteiger partial charge on any atom is 0.0714 e. The lowest BCUT2D eigenvalue weighted by atomic mass is 9.67. The molecule has 0 bridgehead atoms. The maximum atomic E-state index is 2.52. The van der Waals surface area contributed by atoms with E-state index in [2.05, 4.69) is 278 Å². The molecule has 13 aromatic rings. The van der Waals surface area contributed by atoms with Crippen molar-refractivity contribution in [2.45, 2.75) is 24.7 Å². The fraction of sp³-hybridized carbons (Fsp3) is 0.0571. The fourth-order valence-corrected chi connectivity index (χ4v) is 13.2. The van der Waals surface area contributed by atoms with Crippen LogP contribution in [0.15, 0.2) is 255 Å². The molecular weight excluding hydrogens is 869 g/mol. The molecule has 2 nitrogen and oxygen atoms in total. The second-order valence-electron chi connectivity index (χ2n) is 20.4. The molecule has 15 rings (SSSR count). The molecule has 0 spiro atoms. The monoisotopic (exact) mass is 916 g/mol. The van der Waals surface area contributed by atoms with Gasteiger partial charge >= 0.3 is 0 Å². The Morgan fingerprint density at radius 1 is 0.333 bits per heavy atom. The van der Waals surface area contributed by atoms with E-state index in [0.717, 1.165) is 17.1 Å². The molecule has 12 aromatic carbocycles. The summed E-state index contributed by atoms with van der Waals surface area (Å²) in [6, 6.07) is 95.4. The summed E-state index contributed by atoms with van der Waals surface area (Å²) < 4.78 is 2.51. The minimum Gasteiger partial charge on any atom is -0.310 e. The zero-order valence-corrected chi connectivity index (χ0v) is 40.1. The van der Waals surface area contributed by atoms with Crippen molar-refractivity contribution in [3.05, 3.63) is 288 Å². The predicted molar refractivity (Wildman–Crippen MR) is 303 cm³/mol. The first kappa shape index (κ1) is 40.9. The quantitative estimate of drug-likeness (QED) is 0.161. The van der Waals surface area contributed by atoms with E-state index in [4.69, 9.17) is 0 Å². The summed E-state index contributed by atoms with van der Waals surface area (Å²) in [5, 5.41) is 10.1. The van der Waals surface area contributed by atoms with Crippen molar-refractivity contribution >= 4 is 71.2 Å². The molecule has 1 aromatic heterocycles. The highest BCUT2D eigenvalue weighted by atomic mass is 15.1. The topological polar surface area (TPSA) is 8.17 Å². The van der Waals surface area contributed by atoms with Crippen LogP contribution in [0.1, 0.15) is 47.2 Å². The zero-order valence-electron chi connectivity index (χ0n) is 40.1. The smallest absolute Gasteiger partial charge is 0.0714 e. The van der Waals surface area contributed by atoms with Gasteiger partial charge in [0.2, 0.25) is 0 Å². The average Bonchev–Trinajstić information content (AvgIpc) is 4.02. The molecule has 0 radical (unpaired) electrons. The van der Waals surface area contributed by atoms with Gasteiger partial charge in [0.1, 0.15) is 0 Å². The molecule has 0 amide bonds. The van der Waals surface area contributed by atoms with Crippen LogP contribution in [0.2, 0.25) is 0 Å². The van der Waals surface area contributed by atoms with Crippen LogP contribution in [0, 0.1) is 0 Å². The van der Waals surface area contributed by atoms with Crippen LogP contribution in [0.5, 0.6) is 0 Å². The Balaban J connectivity index is 0.926. The van der Waals surface area contributed by atoms with Crippen molar-refractivity contribution in [2.75, 3.05) is 4.90 Å². The van der Waals surface area contributed by atoms with Crippen LogP contribution in [-0.4, -0.2) is 4.57 Å². The van der Waals surface area contributed by atoms with Crippen molar-refractivity contribution in [3.8, 4) is 27.9 Å². The molecule has 2 aliphatic rings. The van der Waals surface area contributed by atoms with E-state index in [9.17, 15) is 0 Å². The Hall–Kier alpha value is -8.98. The van der Waals surface area contributed by atoms with Crippen LogP contribution in [0.25, 0.3) is 82.1 Å². The van der Waals surface area contributed by atoms with E-state index in [0.29, 0.717) is 0 Å². The first-order valence-electron chi connectivity index (χ1n) is 25.3. The lowest BCUT2D eigenvalue weighted by molar-refractivity contribution is 0.660. The highest BCUT2D eigenvalue weighted by molar-refractivity contribution is 6.28. The number of hydrogen-bond donors (Lipinski definition) is 0. The number of aromatic nitrogens is 1. The summed E-state index contributed by atoms with van der Waals surface area (Å²) in [4.78, 5) is 2.52. The van der Waals surface area contributed by atoms with E-state index >= 15 is 0 Å². The van der Waals surface area contributed by atoms with Gasteiger partial charge in [0.15, 0.2) is 0 Å². The predicted octanol–water partition coefficient (Wildman–Crippen LogP) is 18.4.